The van der Waals surface area contributed by atoms with Gasteiger partial charge < -0.3 is 10.2 Å². The van der Waals surface area contributed by atoms with Crippen LogP contribution >= 0.6 is 0 Å². The quantitative estimate of drug-likeness (QED) is 0.771. The summed E-state index contributed by atoms with van der Waals surface area (Å²) in [6, 6.07) is 0. The fourth-order valence-electron chi connectivity index (χ4n) is 7.88. The summed E-state index contributed by atoms with van der Waals surface area (Å²) in [5.41, 5.74) is 0.104. The maximum atomic E-state index is 13.3. The first-order valence-corrected chi connectivity index (χ1v) is 10.2. The highest BCUT2D eigenvalue weighted by molar-refractivity contribution is 5.84. The Balaban J connectivity index is 1.67. The van der Waals surface area contributed by atoms with Crippen LogP contribution in [0.1, 0.15) is 72.1 Å². The molecule has 4 aliphatic carbocycles. The largest absolute Gasteiger partial charge is 0.393 e. The van der Waals surface area contributed by atoms with Gasteiger partial charge in [-0.2, -0.15) is 0 Å². The van der Waals surface area contributed by atoms with Crippen molar-refractivity contribution < 1.29 is 15.0 Å². The van der Waals surface area contributed by atoms with Gasteiger partial charge in [0.05, 0.1) is 12.2 Å². The van der Waals surface area contributed by atoms with Gasteiger partial charge in [-0.15, -0.1) is 0 Å². The molecule has 9 atom stereocenters. The van der Waals surface area contributed by atoms with E-state index in [0.29, 0.717) is 30.0 Å². The van der Waals surface area contributed by atoms with Crippen LogP contribution in [0, 0.1) is 40.4 Å². The number of rotatable bonds is 1. The summed E-state index contributed by atoms with van der Waals surface area (Å²) in [5.74, 6) is 2.58. The van der Waals surface area contributed by atoms with Gasteiger partial charge in [-0.3, -0.25) is 4.79 Å². The number of fused-ring (bicyclic) bond motifs is 5. The van der Waals surface area contributed by atoms with Gasteiger partial charge in [0.1, 0.15) is 5.78 Å². The summed E-state index contributed by atoms with van der Waals surface area (Å²) < 4.78 is 0. The van der Waals surface area contributed by atoms with Crippen molar-refractivity contribution in [3.63, 3.8) is 0 Å². The van der Waals surface area contributed by atoms with Gasteiger partial charge in [-0.05, 0) is 86.4 Å². The SMILES string of the molecule is CC(O)C1CCC2C3CCC4C[C@H](O)CC[C@]4(C)C3C(=O)C[C@]12C. The van der Waals surface area contributed by atoms with Gasteiger partial charge in [-0.1, -0.05) is 13.8 Å². The minimum atomic E-state index is -0.305. The zero-order valence-electron chi connectivity index (χ0n) is 15.5. The molecule has 0 spiro atoms. The molecule has 136 valence electrons. The second kappa shape index (κ2) is 5.54. The zero-order valence-corrected chi connectivity index (χ0v) is 15.5. The lowest BCUT2D eigenvalue weighted by Crippen LogP contribution is -2.58. The first kappa shape index (κ1) is 17.0. The lowest BCUT2D eigenvalue weighted by Gasteiger charge is -2.60. The van der Waals surface area contributed by atoms with Crippen LogP contribution in [-0.2, 0) is 4.79 Å². The number of carbonyl (C=O) groups is 1. The normalized spacial score (nSPS) is 55.5. The number of carbonyl (C=O) groups excluding carboxylic acids is 1. The minimum absolute atomic E-state index is 0.00376. The van der Waals surface area contributed by atoms with Crippen LogP contribution in [0.2, 0.25) is 0 Å². The third kappa shape index (κ3) is 2.19. The number of aliphatic hydroxyl groups is 2. The molecule has 2 N–H and O–H groups in total. The molecule has 0 aromatic heterocycles. The molecule has 0 aromatic rings. The average Bonchev–Trinajstić information content (AvgIpc) is 2.84. The molecule has 0 heterocycles. The van der Waals surface area contributed by atoms with E-state index in [1.165, 1.54) is 12.8 Å². The fourth-order valence-corrected chi connectivity index (χ4v) is 7.88. The molecule has 0 saturated heterocycles. The lowest BCUT2D eigenvalue weighted by molar-refractivity contribution is -0.163. The lowest BCUT2D eigenvalue weighted by atomic mass is 9.44. The van der Waals surface area contributed by atoms with E-state index in [4.69, 9.17) is 0 Å². The molecule has 4 aliphatic rings. The van der Waals surface area contributed by atoms with E-state index >= 15 is 0 Å². The molecule has 0 radical (unpaired) electrons. The third-order valence-corrected chi connectivity index (χ3v) is 8.98. The summed E-state index contributed by atoms with van der Waals surface area (Å²) in [6.07, 6.45) is 7.56. The number of ketones is 1. The first-order valence-electron chi connectivity index (χ1n) is 10.2. The van der Waals surface area contributed by atoms with Crippen LogP contribution in [-0.4, -0.2) is 28.2 Å². The summed E-state index contributed by atoms with van der Waals surface area (Å²) in [4.78, 5) is 13.3. The Morgan fingerprint density at radius 3 is 2.54 bits per heavy atom. The molecule has 3 nitrogen and oxygen atoms in total. The van der Waals surface area contributed by atoms with Gasteiger partial charge in [0.2, 0.25) is 0 Å². The Morgan fingerprint density at radius 1 is 1.08 bits per heavy atom. The molecule has 6 unspecified atom stereocenters. The topological polar surface area (TPSA) is 57.5 Å². The predicted octanol–water partition coefficient (Wildman–Crippen LogP) is 3.57. The molecule has 24 heavy (non-hydrogen) atoms. The van der Waals surface area contributed by atoms with Gasteiger partial charge in [0.15, 0.2) is 0 Å². The Hall–Kier alpha value is -0.410. The summed E-state index contributed by atoms with van der Waals surface area (Å²) in [5, 5.41) is 20.4. The smallest absolute Gasteiger partial charge is 0.137 e. The van der Waals surface area contributed by atoms with E-state index in [1.807, 2.05) is 6.92 Å². The molecule has 0 amide bonds. The molecule has 0 aromatic carbocycles. The van der Waals surface area contributed by atoms with Crippen molar-refractivity contribution in [1.82, 2.24) is 0 Å². The highest BCUT2D eigenvalue weighted by Crippen LogP contribution is 2.66. The molecule has 4 saturated carbocycles. The van der Waals surface area contributed by atoms with E-state index < -0.39 is 0 Å². The van der Waals surface area contributed by atoms with Crippen LogP contribution < -0.4 is 0 Å². The fraction of sp³-hybridized carbons (Fsp3) is 0.952. The Morgan fingerprint density at radius 2 is 1.83 bits per heavy atom. The van der Waals surface area contributed by atoms with Crippen molar-refractivity contribution in [2.75, 3.05) is 0 Å². The van der Waals surface area contributed by atoms with E-state index in [0.717, 1.165) is 32.1 Å². The Bertz CT molecular complexity index is 529. The molecule has 0 aliphatic heterocycles. The third-order valence-electron chi connectivity index (χ3n) is 8.98. The van der Waals surface area contributed by atoms with Gasteiger partial charge in [0.25, 0.3) is 0 Å². The summed E-state index contributed by atoms with van der Waals surface area (Å²) in [7, 11) is 0. The molecule has 3 heteroatoms. The van der Waals surface area contributed by atoms with E-state index in [2.05, 4.69) is 13.8 Å². The number of aliphatic hydroxyl groups excluding tert-OH is 2. The Labute approximate surface area is 146 Å². The minimum Gasteiger partial charge on any atom is -0.393 e. The second-order valence-corrected chi connectivity index (χ2v) is 10.0. The number of hydrogen-bond acceptors (Lipinski definition) is 3. The van der Waals surface area contributed by atoms with Crippen molar-refractivity contribution in [3.8, 4) is 0 Å². The maximum Gasteiger partial charge on any atom is 0.137 e. The molecule has 4 rings (SSSR count). The van der Waals surface area contributed by atoms with E-state index in [1.54, 1.807) is 0 Å². The monoisotopic (exact) mass is 334 g/mol. The molecular formula is C21H34O3. The van der Waals surface area contributed by atoms with Crippen LogP contribution in [0.4, 0.5) is 0 Å². The zero-order chi connectivity index (χ0) is 17.3. The standard InChI is InChI=1S/C21H34O3/c1-12(22)16-6-7-17-15-5-4-13-10-14(23)8-9-20(13,2)19(15)18(24)11-21(16,17)3/h12-17,19,22-23H,4-11H2,1-3H3/t12?,13?,14-,15?,16?,17?,19?,20+,21-/m1/s1. The first-order chi connectivity index (χ1) is 11.3. The van der Waals surface area contributed by atoms with Crippen molar-refractivity contribution in [2.24, 2.45) is 40.4 Å². The highest BCUT2D eigenvalue weighted by Gasteiger charge is 2.63. The van der Waals surface area contributed by atoms with Gasteiger partial charge in [-0.25, -0.2) is 0 Å². The van der Waals surface area contributed by atoms with Crippen molar-refractivity contribution >= 4 is 5.78 Å². The van der Waals surface area contributed by atoms with Gasteiger partial charge >= 0.3 is 0 Å². The predicted molar refractivity (Wildman–Crippen MR) is 93.3 cm³/mol. The molecular weight excluding hydrogens is 300 g/mol. The second-order valence-electron chi connectivity index (χ2n) is 10.0. The van der Waals surface area contributed by atoms with Crippen molar-refractivity contribution in [3.05, 3.63) is 0 Å². The van der Waals surface area contributed by atoms with E-state index in [-0.39, 0.29) is 34.9 Å². The maximum absolute atomic E-state index is 13.3. The van der Waals surface area contributed by atoms with Crippen LogP contribution in [0.25, 0.3) is 0 Å². The summed E-state index contributed by atoms with van der Waals surface area (Å²) in [6.45, 7) is 6.55. The van der Waals surface area contributed by atoms with Crippen LogP contribution in [0.15, 0.2) is 0 Å². The highest BCUT2D eigenvalue weighted by atomic mass is 16.3. The van der Waals surface area contributed by atoms with Crippen LogP contribution in [0.3, 0.4) is 0 Å². The molecule has 0 bridgehead atoms. The summed E-state index contributed by atoms with van der Waals surface area (Å²) >= 11 is 0. The van der Waals surface area contributed by atoms with Crippen LogP contribution in [0.5, 0.6) is 0 Å². The molecule has 4 fully saturated rings. The Kier molecular flexibility index (Phi) is 3.93. The van der Waals surface area contributed by atoms with Crippen molar-refractivity contribution in [1.29, 1.82) is 0 Å². The van der Waals surface area contributed by atoms with E-state index in [9.17, 15) is 15.0 Å². The number of hydrogen-bond donors (Lipinski definition) is 2. The number of Topliss-reactive ketones (excluding diaryl/α,β-unsaturated/α-hetero) is 1. The van der Waals surface area contributed by atoms with Crippen molar-refractivity contribution in [2.45, 2.75) is 84.3 Å². The van der Waals surface area contributed by atoms with Gasteiger partial charge in [0, 0.05) is 12.3 Å². The average molecular weight is 335 g/mol.